The summed E-state index contributed by atoms with van der Waals surface area (Å²) in [6.07, 6.45) is 0.601. The molecular formula is C18H39O4PSi. The molecule has 0 heterocycles. The Hall–Kier alpha value is 0.0669. The number of allylic oxidation sites excluding steroid dienone is 1. The molecule has 0 aromatic carbocycles. The molecule has 0 aromatic rings. The first-order valence-electron chi connectivity index (χ1n) is 9.02. The van der Waals surface area contributed by atoms with E-state index in [1.807, 2.05) is 13.8 Å². The maximum Gasteiger partial charge on any atom is 0.356 e. The maximum absolute atomic E-state index is 12.9. The van der Waals surface area contributed by atoms with Gasteiger partial charge in [0.25, 0.3) is 0 Å². The van der Waals surface area contributed by atoms with Gasteiger partial charge in [0.2, 0.25) is 0 Å². The zero-order valence-corrected chi connectivity index (χ0v) is 19.2. The summed E-state index contributed by atoms with van der Waals surface area (Å²) in [6, 6.07) is 0. The van der Waals surface area contributed by atoms with E-state index in [-0.39, 0.29) is 11.0 Å². The van der Waals surface area contributed by atoms with Gasteiger partial charge in [-0.15, -0.1) is 0 Å². The van der Waals surface area contributed by atoms with E-state index in [4.69, 9.17) is 13.5 Å². The minimum absolute atomic E-state index is 0.178. The van der Waals surface area contributed by atoms with Crippen LogP contribution in [0.1, 0.15) is 54.9 Å². The van der Waals surface area contributed by atoms with Gasteiger partial charge in [0.1, 0.15) is 0 Å². The van der Waals surface area contributed by atoms with Crippen LogP contribution in [0.5, 0.6) is 0 Å². The first-order valence-corrected chi connectivity index (χ1v) is 13.5. The second-order valence-corrected chi connectivity index (χ2v) is 15.1. The van der Waals surface area contributed by atoms with Gasteiger partial charge in [-0.25, -0.2) is 0 Å². The largest absolute Gasteiger partial charge is 0.417 e. The van der Waals surface area contributed by atoms with Gasteiger partial charge in [0, 0.05) is 11.9 Å². The van der Waals surface area contributed by atoms with Crippen LogP contribution in [0.4, 0.5) is 0 Å². The lowest BCUT2D eigenvalue weighted by Gasteiger charge is -2.38. The standard InChI is InChI=1S/C18H39O4PSi/c1-11-20-23(19,21-12-2)16(5)13-17(15(3)4)14-22-24(9,10)18(6,7)8/h15,17H,5,11-14H2,1-4,6-10H3/t17-/m1/s1. The molecule has 0 amide bonds. The Morgan fingerprint density at radius 1 is 1.12 bits per heavy atom. The highest BCUT2D eigenvalue weighted by atomic mass is 31.2. The molecule has 0 aliphatic rings. The summed E-state index contributed by atoms with van der Waals surface area (Å²) in [7, 11) is -5.04. The SMILES string of the molecule is C=C(C[C@H](CO[Si](C)(C)C(C)(C)C)C(C)C)P(=O)(OCC)OCC. The van der Waals surface area contributed by atoms with E-state index < -0.39 is 15.9 Å². The molecule has 0 radical (unpaired) electrons. The highest BCUT2D eigenvalue weighted by Gasteiger charge is 2.38. The third kappa shape index (κ3) is 7.13. The Labute approximate surface area is 151 Å². The predicted octanol–water partition coefficient (Wildman–Crippen LogP) is 6.45. The minimum atomic E-state index is -3.24. The molecule has 144 valence electrons. The van der Waals surface area contributed by atoms with Crippen molar-refractivity contribution in [1.82, 2.24) is 0 Å². The second-order valence-electron chi connectivity index (χ2n) is 8.18. The molecule has 0 N–H and O–H groups in total. The van der Waals surface area contributed by atoms with Crippen molar-refractivity contribution >= 4 is 15.9 Å². The summed E-state index contributed by atoms with van der Waals surface area (Å²) in [5.74, 6) is 0.657. The molecule has 4 nitrogen and oxygen atoms in total. The van der Waals surface area contributed by atoms with Crippen LogP contribution < -0.4 is 0 Å². The molecule has 0 spiro atoms. The van der Waals surface area contributed by atoms with Crippen molar-refractivity contribution in [1.29, 1.82) is 0 Å². The van der Waals surface area contributed by atoms with E-state index in [0.717, 1.165) is 0 Å². The van der Waals surface area contributed by atoms with Gasteiger partial charge in [-0.05, 0) is 50.2 Å². The van der Waals surface area contributed by atoms with Gasteiger partial charge in [-0.3, -0.25) is 4.57 Å². The van der Waals surface area contributed by atoms with Gasteiger partial charge >= 0.3 is 7.60 Å². The Kier molecular flexibility index (Phi) is 9.71. The van der Waals surface area contributed by atoms with Crippen molar-refractivity contribution in [3.8, 4) is 0 Å². The highest BCUT2D eigenvalue weighted by Crippen LogP contribution is 2.57. The Bertz CT molecular complexity index is 431. The molecule has 24 heavy (non-hydrogen) atoms. The first-order chi connectivity index (χ1) is 10.8. The monoisotopic (exact) mass is 378 g/mol. The van der Waals surface area contributed by atoms with Crippen molar-refractivity contribution in [2.45, 2.75) is 73.0 Å². The normalized spacial score (nSPS) is 14.9. The van der Waals surface area contributed by atoms with Crippen LogP contribution in [0.3, 0.4) is 0 Å². The van der Waals surface area contributed by atoms with Gasteiger partial charge in [0.05, 0.1) is 13.2 Å². The summed E-state index contributed by atoms with van der Waals surface area (Å²) in [5, 5.41) is 0.737. The summed E-state index contributed by atoms with van der Waals surface area (Å²) in [6.45, 7) is 24.6. The van der Waals surface area contributed by atoms with Crippen molar-refractivity contribution in [3.05, 3.63) is 11.9 Å². The Morgan fingerprint density at radius 2 is 1.58 bits per heavy atom. The molecule has 0 aromatic heterocycles. The topological polar surface area (TPSA) is 44.8 Å². The van der Waals surface area contributed by atoms with Crippen molar-refractivity contribution in [3.63, 3.8) is 0 Å². The van der Waals surface area contributed by atoms with E-state index in [2.05, 4.69) is 54.3 Å². The fourth-order valence-electron chi connectivity index (χ4n) is 1.99. The Balaban J connectivity index is 5.03. The van der Waals surface area contributed by atoms with Gasteiger partial charge in [-0.1, -0.05) is 41.2 Å². The molecule has 0 rings (SSSR count). The molecule has 0 saturated heterocycles. The lowest BCUT2D eigenvalue weighted by atomic mass is 9.93. The van der Waals surface area contributed by atoms with E-state index in [1.54, 1.807) is 0 Å². The van der Waals surface area contributed by atoms with Crippen LogP contribution in [-0.4, -0.2) is 28.1 Å². The lowest BCUT2D eigenvalue weighted by Crippen LogP contribution is -2.42. The number of rotatable bonds is 11. The van der Waals surface area contributed by atoms with E-state index >= 15 is 0 Å². The smallest absolute Gasteiger partial charge is 0.356 e. The van der Waals surface area contributed by atoms with E-state index in [1.165, 1.54) is 0 Å². The van der Waals surface area contributed by atoms with Crippen molar-refractivity contribution in [2.75, 3.05) is 19.8 Å². The summed E-state index contributed by atoms with van der Waals surface area (Å²) in [4.78, 5) is 0. The van der Waals surface area contributed by atoms with Crippen molar-refractivity contribution < 1.29 is 18.0 Å². The van der Waals surface area contributed by atoms with Gasteiger partial charge in [-0.2, -0.15) is 0 Å². The van der Waals surface area contributed by atoms with E-state index in [0.29, 0.717) is 37.5 Å². The zero-order chi connectivity index (χ0) is 19.2. The fourth-order valence-corrected chi connectivity index (χ4v) is 4.63. The average molecular weight is 379 g/mol. The molecule has 1 atom stereocenters. The molecule has 0 bridgehead atoms. The summed E-state index contributed by atoms with van der Waals surface area (Å²) >= 11 is 0. The van der Waals surface area contributed by atoms with Crippen LogP contribution in [0, 0.1) is 11.8 Å². The first kappa shape index (κ1) is 24.1. The average Bonchev–Trinajstić information content (AvgIpc) is 2.41. The van der Waals surface area contributed by atoms with Crippen LogP contribution in [-0.2, 0) is 18.0 Å². The molecule has 0 aliphatic heterocycles. The Morgan fingerprint density at radius 3 is 1.92 bits per heavy atom. The summed E-state index contributed by atoms with van der Waals surface area (Å²) in [5.41, 5.74) is 0. The minimum Gasteiger partial charge on any atom is -0.417 e. The predicted molar refractivity (Wildman–Crippen MR) is 106 cm³/mol. The maximum atomic E-state index is 12.9. The van der Waals surface area contributed by atoms with Crippen LogP contribution in [0.25, 0.3) is 0 Å². The third-order valence-corrected chi connectivity index (χ3v) is 11.5. The van der Waals surface area contributed by atoms with Gasteiger partial charge < -0.3 is 13.5 Å². The molecule has 0 fully saturated rings. The lowest BCUT2D eigenvalue weighted by molar-refractivity contribution is 0.189. The number of hydrogen-bond donors (Lipinski definition) is 0. The van der Waals surface area contributed by atoms with Crippen molar-refractivity contribution in [2.24, 2.45) is 11.8 Å². The highest BCUT2D eigenvalue weighted by molar-refractivity contribution is 7.58. The molecule has 6 heteroatoms. The third-order valence-electron chi connectivity index (χ3n) is 4.89. The van der Waals surface area contributed by atoms with E-state index in [9.17, 15) is 4.57 Å². The number of hydrogen-bond acceptors (Lipinski definition) is 4. The zero-order valence-electron chi connectivity index (χ0n) is 17.3. The quantitative estimate of drug-likeness (QED) is 0.306. The molecule has 0 saturated carbocycles. The van der Waals surface area contributed by atoms with Crippen LogP contribution in [0.15, 0.2) is 11.9 Å². The molecular weight excluding hydrogens is 339 g/mol. The van der Waals surface area contributed by atoms with Crippen LogP contribution in [0.2, 0.25) is 18.1 Å². The summed E-state index contributed by atoms with van der Waals surface area (Å²) < 4.78 is 30.1. The molecule has 0 unspecified atom stereocenters. The second kappa shape index (κ2) is 9.68. The van der Waals surface area contributed by atoms with Gasteiger partial charge in [0.15, 0.2) is 8.32 Å². The fraction of sp³-hybridized carbons (Fsp3) is 0.889. The molecule has 0 aliphatic carbocycles. The van der Waals surface area contributed by atoms with Crippen LogP contribution >= 0.6 is 7.60 Å².